The van der Waals surface area contributed by atoms with Crippen molar-refractivity contribution in [3.8, 4) is 0 Å². The number of likely N-dealkylation sites (tertiary alicyclic amines) is 1. The maximum Gasteiger partial charge on any atom is 0.310 e. The lowest BCUT2D eigenvalue weighted by atomic mass is 9.98. The molecule has 0 aliphatic carbocycles. The van der Waals surface area contributed by atoms with Crippen LogP contribution in [-0.4, -0.2) is 52.2 Å². The van der Waals surface area contributed by atoms with E-state index in [2.05, 4.69) is 9.97 Å². The summed E-state index contributed by atoms with van der Waals surface area (Å²) in [6.07, 6.45) is 1.54. The molecule has 1 saturated heterocycles. The molecule has 1 aliphatic rings. The minimum absolute atomic E-state index is 0.0587. The Balaban J connectivity index is 1.94. The molecular formula is C17H25N3O4S. The third-order valence-electron chi connectivity index (χ3n) is 4.06. The van der Waals surface area contributed by atoms with Crippen LogP contribution < -0.4 is 5.56 Å². The average Bonchev–Trinajstić information content (AvgIpc) is 2.59. The molecule has 1 aliphatic heterocycles. The Morgan fingerprint density at radius 3 is 2.92 bits per heavy atom. The fourth-order valence-electron chi connectivity index (χ4n) is 2.69. The third kappa shape index (κ3) is 5.59. The van der Waals surface area contributed by atoms with Gasteiger partial charge in [-0.3, -0.25) is 14.4 Å². The molecule has 1 N–H and O–H groups in total. The first-order valence-electron chi connectivity index (χ1n) is 8.59. The predicted molar refractivity (Wildman–Crippen MR) is 95.6 cm³/mol. The molecule has 1 fully saturated rings. The standard InChI is InChI=1S/C17H25N3O4S/c1-4-24-16(23)12-6-5-7-20(9-12)15(22)10-25-17-18-13(11(2)3)8-14(21)19-17/h8,11-12H,4-7,9-10H2,1-3H3,(H,18,19,21). The van der Waals surface area contributed by atoms with Gasteiger partial charge >= 0.3 is 5.97 Å². The summed E-state index contributed by atoms with van der Waals surface area (Å²) < 4.78 is 5.06. The number of hydrogen-bond donors (Lipinski definition) is 1. The first-order chi connectivity index (χ1) is 11.9. The average molecular weight is 367 g/mol. The van der Waals surface area contributed by atoms with Crippen molar-refractivity contribution in [3.63, 3.8) is 0 Å². The zero-order chi connectivity index (χ0) is 18.4. The maximum atomic E-state index is 12.4. The van der Waals surface area contributed by atoms with Crippen molar-refractivity contribution in [1.29, 1.82) is 0 Å². The van der Waals surface area contributed by atoms with Gasteiger partial charge in [0.15, 0.2) is 5.16 Å². The monoisotopic (exact) mass is 367 g/mol. The van der Waals surface area contributed by atoms with Gasteiger partial charge in [0.05, 0.1) is 24.0 Å². The van der Waals surface area contributed by atoms with Crippen molar-refractivity contribution in [2.75, 3.05) is 25.4 Å². The summed E-state index contributed by atoms with van der Waals surface area (Å²) in [5.41, 5.74) is 0.494. The minimum Gasteiger partial charge on any atom is -0.466 e. The van der Waals surface area contributed by atoms with Crippen LogP contribution in [0.25, 0.3) is 0 Å². The van der Waals surface area contributed by atoms with Crippen LogP contribution in [0.1, 0.15) is 45.2 Å². The van der Waals surface area contributed by atoms with E-state index in [0.29, 0.717) is 30.5 Å². The van der Waals surface area contributed by atoms with Gasteiger partial charge in [-0.1, -0.05) is 25.6 Å². The second-order valence-corrected chi connectivity index (χ2v) is 7.31. The number of rotatable bonds is 6. The quantitative estimate of drug-likeness (QED) is 0.468. The van der Waals surface area contributed by atoms with Crippen LogP contribution in [0.4, 0.5) is 0 Å². The SMILES string of the molecule is CCOC(=O)C1CCCN(C(=O)CSc2nc(C(C)C)cc(=O)[nH]2)C1. The van der Waals surface area contributed by atoms with Crippen LogP contribution in [0.2, 0.25) is 0 Å². The van der Waals surface area contributed by atoms with Crippen molar-refractivity contribution in [3.05, 3.63) is 22.1 Å². The Hall–Kier alpha value is -1.83. The molecule has 0 radical (unpaired) electrons. The van der Waals surface area contributed by atoms with E-state index in [1.165, 1.54) is 17.8 Å². The highest BCUT2D eigenvalue weighted by atomic mass is 32.2. The second kappa shape index (κ2) is 9.03. The molecule has 1 aromatic heterocycles. The number of nitrogens with one attached hydrogen (secondary N) is 1. The van der Waals surface area contributed by atoms with Gasteiger partial charge in [0, 0.05) is 19.2 Å². The number of carbonyl (C=O) groups is 2. The molecule has 7 nitrogen and oxygen atoms in total. The summed E-state index contributed by atoms with van der Waals surface area (Å²) in [6.45, 7) is 7.10. The molecule has 0 aromatic carbocycles. The maximum absolute atomic E-state index is 12.4. The first kappa shape index (κ1) is 19.5. The first-order valence-corrected chi connectivity index (χ1v) is 9.57. The summed E-state index contributed by atoms with van der Waals surface area (Å²) in [6, 6.07) is 1.48. The highest BCUT2D eigenvalue weighted by molar-refractivity contribution is 7.99. The zero-order valence-corrected chi connectivity index (χ0v) is 15.7. The second-order valence-electron chi connectivity index (χ2n) is 6.35. The molecule has 138 valence electrons. The normalized spacial score (nSPS) is 17.6. The van der Waals surface area contributed by atoms with Gasteiger partial charge < -0.3 is 14.6 Å². The Morgan fingerprint density at radius 1 is 1.48 bits per heavy atom. The highest BCUT2D eigenvalue weighted by Gasteiger charge is 2.29. The van der Waals surface area contributed by atoms with Crippen molar-refractivity contribution >= 4 is 23.6 Å². The van der Waals surface area contributed by atoms with Crippen LogP contribution in [0.5, 0.6) is 0 Å². The number of aromatic amines is 1. The highest BCUT2D eigenvalue weighted by Crippen LogP contribution is 2.20. The summed E-state index contributed by atoms with van der Waals surface area (Å²) in [5.74, 6) is -0.213. The lowest BCUT2D eigenvalue weighted by Gasteiger charge is -2.31. The van der Waals surface area contributed by atoms with E-state index in [-0.39, 0.29) is 35.0 Å². The van der Waals surface area contributed by atoms with E-state index in [4.69, 9.17) is 4.74 Å². The van der Waals surface area contributed by atoms with Gasteiger partial charge in [-0.2, -0.15) is 0 Å². The Bertz CT molecular complexity index is 674. The molecule has 1 amide bonds. The number of carbonyl (C=O) groups excluding carboxylic acids is 2. The number of aromatic nitrogens is 2. The molecule has 0 spiro atoms. The van der Waals surface area contributed by atoms with Crippen molar-refractivity contribution < 1.29 is 14.3 Å². The molecule has 2 heterocycles. The van der Waals surface area contributed by atoms with Gasteiger partial charge in [-0.05, 0) is 25.7 Å². The number of ether oxygens (including phenoxy) is 1. The van der Waals surface area contributed by atoms with Crippen molar-refractivity contribution in [2.45, 2.75) is 44.7 Å². The summed E-state index contributed by atoms with van der Waals surface area (Å²) in [4.78, 5) is 44.7. The molecule has 0 saturated carbocycles. The lowest BCUT2D eigenvalue weighted by Crippen LogP contribution is -2.43. The number of thioether (sulfide) groups is 1. The van der Waals surface area contributed by atoms with E-state index >= 15 is 0 Å². The Labute approximate surface area is 151 Å². The number of amides is 1. The van der Waals surface area contributed by atoms with E-state index < -0.39 is 0 Å². The van der Waals surface area contributed by atoms with Gasteiger partial charge in [0.1, 0.15) is 0 Å². The van der Waals surface area contributed by atoms with E-state index in [1.54, 1.807) is 11.8 Å². The molecule has 1 unspecified atom stereocenters. The topological polar surface area (TPSA) is 92.4 Å². The Kier molecular flexibility index (Phi) is 7.04. The minimum atomic E-state index is -0.246. The van der Waals surface area contributed by atoms with Crippen LogP contribution >= 0.6 is 11.8 Å². The molecule has 2 rings (SSSR count). The van der Waals surface area contributed by atoms with E-state index in [1.807, 2.05) is 13.8 Å². The molecule has 25 heavy (non-hydrogen) atoms. The van der Waals surface area contributed by atoms with Gasteiger partial charge in [-0.25, -0.2) is 4.98 Å². The largest absolute Gasteiger partial charge is 0.466 e. The number of H-pyrrole nitrogens is 1. The molecule has 1 atom stereocenters. The molecule has 1 aromatic rings. The predicted octanol–water partition coefficient (Wildman–Crippen LogP) is 1.79. The summed E-state index contributed by atoms with van der Waals surface area (Å²) in [7, 11) is 0. The van der Waals surface area contributed by atoms with Gasteiger partial charge in [0.25, 0.3) is 5.56 Å². The van der Waals surface area contributed by atoms with Crippen LogP contribution in [-0.2, 0) is 14.3 Å². The summed E-state index contributed by atoms with van der Waals surface area (Å²) in [5, 5.41) is 0.448. The van der Waals surface area contributed by atoms with Crippen LogP contribution in [0.3, 0.4) is 0 Å². The Morgan fingerprint density at radius 2 is 2.24 bits per heavy atom. The number of hydrogen-bond acceptors (Lipinski definition) is 6. The fourth-order valence-corrected chi connectivity index (χ4v) is 3.48. The third-order valence-corrected chi connectivity index (χ3v) is 4.92. The number of nitrogens with zero attached hydrogens (tertiary/aromatic N) is 2. The lowest BCUT2D eigenvalue weighted by molar-refractivity contribution is -0.151. The van der Waals surface area contributed by atoms with Crippen molar-refractivity contribution in [2.24, 2.45) is 5.92 Å². The van der Waals surface area contributed by atoms with E-state index in [0.717, 1.165) is 12.8 Å². The zero-order valence-electron chi connectivity index (χ0n) is 14.9. The van der Waals surface area contributed by atoms with Crippen LogP contribution in [0, 0.1) is 5.92 Å². The van der Waals surface area contributed by atoms with Gasteiger partial charge in [-0.15, -0.1) is 0 Å². The van der Waals surface area contributed by atoms with Gasteiger partial charge in [0.2, 0.25) is 5.91 Å². The van der Waals surface area contributed by atoms with E-state index in [9.17, 15) is 14.4 Å². The smallest absolute Gasteiger partial charge is 0.310 e. The number of piperidine rings is 1. The van der Waals surface area contributed by atoms with Crippen molar-refractivity contribution in [1.82, 2.24) is 14.9 Å². The number of esters is 1. The fraction of sp³-hybridized carbons (Fsp3) is 0.647. The molecule has 8 heteroatoms. The summed E-state index contributed by atoms with van der Waals surface area (Å²) >= 11 is 1.21. The van der Waals surface area contributed by atoms with Crippen LogP contribution in [0.15, 0.2) is 16.0 Å². The molecule has 0 bridgehead atoms. The molecular weight excluding hydrogens is 342 g/mol.